The molecular weight excluding hydrogens is 348 g/mol. The first kappa shape index (κ1) is 20.3. The lowest BCUT2D eigenvalue weighted by atomic mass is 9.87. The largest absolute Gasteiger partial charge is 0.497 e. The third kappa shape index (κ3) is 5.43. The lowest BCUT2D eigenvalue weighted by molar-refractivity contribution is -0.119. The van der Waals surface area contributed by atoms with E-state index in [1.807, 2.05) is 45.0 Å². The minimum atomic E-state index is -0.603. The quantitative estimate of drug-likeness (QED) is 0.844. The van der Waals surface area contributed by atoms with Crippen LogP contribution >= 0.6 is 23.7 Å². The minimum Gasteiger partial charge on any atom is -0.497 e. The average molecular weight is 371 g/mol. The normalized spacial score (nSPS) is 12.2. The highest BCUT2D eigenvalue weighted by Gasteiger charge is 2.28. The maximum atomic E-state index is 12.1. The summed E-state index contributed by atoms with van der Waals surface area (Å²) in [5, 5.41) is 12.1. The first-order valence-corrected chi connectivity index (χ1v) is 8.13. The Morgan fingerprint density at radius 1 is 1.38 bits per heavy atom. The van der Waals surface area contributed by atoms with Crippen molar-refractivity contribution in [1.29, 1.82) is 0 Å². The van der Waals surface area contributed by atoms with Gasteiger partial charge in [0, 0.05) is 6.42 Å². The zero-order chi connectivity index (χ0) is 17.0. The number of benzene rings is 1. The number of ether oxygens (including phenoxy) is 1. The number of hydrogen-bond donors (Lipinski definition) is 2. The van der Waals surface area contributed by atoms with Crippen molar-refractivity contribution in [3.8, 4) is 5.75 Å². The second-order valence-corrected chi connectivity index (χ2v) is 7.42. The molecule has 2 rings (SSSR count). The second-order valence-electron chi connectivity index (χ2n) is 6.36. The fourth-order valence-electron chi connectivity index (χ4n) is 1.91. The molecule has 0 spiro atoms. The van der Waals surface area contributed by atoms with E-state index in [-0.39, 0.29) is 23.7 Å². The Bertz CT molecular complexity index is 685. The predicted octanol–water partition coefficient (Wildman–Crippen LogP) is 2.87. The van der Waals surface area contributed by atoms with Gasteiger partial charge in [0.15, 0.2) is 0 Å². The highest BCUT2D eigenvalue weighted by atomic mass is 35.5. The van der Waals surface area contributed by atoms with Crippen molar-refractivity contribution in [3.05, 3.63) is 34.8 Å². The van der Waals surface area contributed by atoms with Gasteiger partial charge in [0.2, 0.25) is 11.0 Å². The third-order valence-corrected chi connectivity index (χ3v) is 4.24. The van der Waals surface area contributed by atoms with E-state index < -0.39 is 6.04 Å². The molecule has 0 aliphatic carbocycles. The molecule has 0 aliphatic rings. The van der Waals surface area contributed by atoms with Gasteiger partial charge in [-0.3, -0.25) is 10.1 Å². The van der Waals surface area contributed by atoms with Gasteiger partial charge in [0.05, 0.1) is 13.2 Å². The molecular formula is C16H23ClN4O2S. The number of rotatable bonds is 5. The van der Waals surface area contributed by atoms with Crippen LogP contribution in [-0.2, 0) is 11.2 Å². The molecule has 0 radical (unpaired) electrons. The lowest BCUT2D eigenvalue weighted by Gasteiger charge is -2.25. The molecule has 8 heteroatoms. The molecule has 24 heavy (non-hydrogen) atoms. The van der Waals surface area contributed by atoms with Crippen LogP contribution in [0.3, 0.4) is 0 Å². The van der Waals surface area contributed by atoms with Gasteiger partial charge in [-0.25, -0.2) is 0 Å². The fraction of sp³-hybridized carbons (Fsp3) is 0.438. The number of carbonyl (C=O) groups is 1. The van der Waals surface area contributed by atoms with Crippen molar-refractivity contribution in [3.63, 3.8) is 0 Å². The molecule has 1 aromatic heterocycles. The maximum absolute atomic E-state index is 12.1. The van der Waals surface area contributed by atoms with Gasteiger partial charge in [-0.15, -0.1) is 22.6 Å². The number of amides is 1. The van der Waals surface area contributed by atoms with Crippen LogP contribution in [0.5, 0.6) is 5.75 Å². The molecule has 0 saturated heterocycles. The van der Waals surface area contributed by atoms with Crippen LogP contribution in [0.2, 0.25) is 0 Å². The monoisotopic (exact) mass is 370 g/mol. The van der Waals surface area contributed by atoms with Gasteiger partial charge in [-0.2, -0.15) is 0 Å². The molecule has 2 aromatic rings. The molecule has 0 fully saturated rings. The van der Waals surface area contributed by atoms with E-state index in [0.29, 0.717) is 11.6 Å². The standard InChI is InChI=1S/C16H22N4O2S.ClH/c1-16(2,3)13(17)14(21)18-15-20-19-12(23-15)9-10-6-5-7-11(8-10)22-4;/h5-8,13H,9,17H2,1-4H3,(H,18,20,21);1H/t13-;/m1./s1. The molecule has 1 aromatic carbocycles. The molecule has 6 nitrogen and oxygen atoms in total. The molecule has 1 atom stereocenters. The Labute approximate surface area is 152 Å². The van der Waals surface area contributed by atoms with Crippen LogP contribution in [0.15, 0.2) is 24.3 Å². The SMILES string of the molecule is COc1cccc(Cc2nnc(NC(=O)[C@@H](N)C(C)(C)C)s2)c1.Cl. The Kier molecular flexibility index (Phi) is 7.13. The number of hydrogen-bond acceptors (Lipinski definition) is 6. The molecule has 0 bridgehead atoms. The highest BCUT2D eigenvalue weighted by molar-refractivity contribution is 7.15. The number of aromatic nitrogens is 2. The number of halogens is 1. The number of nitrogens with one attached hydrogen (secondary N) is 1. The average Bonchev–Trinajstić information content (AvgIpc) is 2.92. The van der Waals surface area contributed by atoms with Crippen molar-refractivity contribution in [2.45, 2.75) is 33.2 Å². The molecule has 1 amide bonds. The summed E-state index contributed by atoms with van der Waals surface area (Å²) in [6.45, 7) is 5.77. The zero-order valence-corrected chi connectivity index (χ0v) is 15.8. The van der Waals surface area contributed by atoms with Gasteiger partial charge in [0.25, 0.3) is 0 Å². The van der Waals surface area contributed by atoms with Crippen LogP contribution in [0.4, 0.5) is 5.13 Å². The lowest BCUT2D eigenvalue weighted by Crippen LogP contribution is -2.45. The summed E-state index contributed by atoms with van der Waals surface area (Å²) in [7, 11) is 1.64. The van der Waals surface area contributed by atoms with E-state index in [0.717, 1.165) is 16.3 Å². The maximum Gasteiger partial charge on any atom is 0.243 e. The van der Waals surface area contributed by atoms with Gasteiger partial charge < -0.3 is 10.5 Å². The van der Waals surface area contributed by atoms with E-state index in [4.69, 9.17) is 10.5 Å². The molecule has 132 valence electrons. The van der Waals surface area contributed by atoms with Crippen LogP contribution in [0.1, 0.15) is 31.3 Å². The Morgan fingerprint density at radius 3 is 2.71 bits per heavy atom. The number of nitrogens with two attached hydrogens (primary N) is 1. The Morgan fingerprint density at radius 2 is 2.08 bits per heavy atom. The molecule has 0 saturated carbocycles. The van der Waals surface area contributed by atoms with Crippen molar-refractivity contribution >= 4 is 34.8 Å². The topological polar surface area (TPSA) is 90.1 Å². The van der Waals surface area contributed by atoms with Crippen molar-refractivity contribution in [1.82, 2.24) is 10.2 Å². The first-order valence-electron chi connectivity index (χ1n) is 7.31. The number of carbonyl (C=O) groups excluding carboxylic acids is 1. The van der Waals surface area contributed by atoms with Gasteiger partial charge in [-0.1, -0.05) is 44.2 Å². The summed E-state index contributed by atoms with van der Waals surface area (Å²) in [5.74, 6) is 0.554. The van der Waals surface area contributed by atoms with Gasteiger partial charge in [0.1, 0.15) is 10.8 Å². The van der Waals surface area contributed by atoms with E-state index >= 15 is 0 Å². The van der Waals surface area contributed by atoms with E-state index in [1.165, 1.54) is 11.3 Å². The molecule has 3 N–H and O–H groups in total. The fourth-order valence-corrected chi connectivity index (χ4v) is 2.69. The van der Waals surface area contributed by atoms with E-state index in [1.54, 1.807) is 7.11 Å². The summed E-state index contributed by atoms with van der Waals surface area (Å²) < 4.78 is 5.21. The van der Waals surface area contributed by atoms with Crippen LogP contribution in [0.25, 0.3) is 0 Å². The molecule has 1 heterocycles. The van der Waals surface area contributed by atoms with Crippen molar-refractivity contribution in [2.24, 2.45) is 11.1 Å². The van der Waals surface area contributed by atoms with E-state index in [9.17, 15) is 4.79 Å². The van der Waals surface area contributed by atoms with Crippen LogP contribution in [0, 0.1) is 5.41 Å². The Balaban J connectivity index is 0.00000288. The summed E-state index contributed by atoms with van der Waals surface area (Å²) in [6.07, 6.45) is 0.635. The zero-order valence-electron chi connectivity index (χ0n) is 14.2. The number of anilines is 1. The summed E-state index contributed by atoms with van der Waals surface area (Å²) >= 11 is 1.35. The van der Waals surface area contributed by atoms with Crippen LogP contribution in [-0.4, -0.2) is 29.3 Å². The van der Waals surface area contributed by atoms with E-state index in [2.05, 4.69) is 15.5 Å². The van der Waals surface area contributed by atoms with Crippen molar-refractivity contribution in [2.75, 3.05) is 12.4 Å². The van der Waals surface area contributed by atoms with Crippen molar-refractivity contribution < 1.29 is 9.53 Å². The van der Waals surface area contributed by atoms with Crippen LogP contribution < -0.4 is 15.8 Å². The number of nitrogens with zero attached hydrogens (tertiary/aromatic N) is 2. The van der Waals surface area contributed by atoms with Gasteiger partial charge in [-0.05, 0) is 23.1 Å². The number of methoxy groups -OCH3 is 1. The Hall–Kier alpha value is -1.70. The van der Waals surface area contributed by atoms with Gasteiger partial charge >= 0.3 is 0 Å². The summed E-state index contributed by atoms with van der Waals surface area (Å²) in [6, 6.07) is 7.17. The smallest absolute Gasteiger partial charge is 0.243 e. The highest BCUT2D eigenvalue weighted by Crippen LogP contribution is 2.23. The molecule has 0 unspecified atom stereocenters. The predicted molar refractivity (Wildman–Crippen MR) is 99.0 cm³/mol. The minimum absolute atomic E-state index is 0. The third-order valence-electron chi connectivity index (χ3n) is 3.40. The summed E-state index contributed by atoms with van der Waals surface area (Å²) in [5.41, 5.74) is 6.70. The first-order chi connectivity index (χ1) is 10.8. The molecule has 0 aliphatic heterocycles. The summed E-state index contributed by atoms with van der Waals surface area (Å²) in [4.78, 5) is 12.1. The second kappa shape index (κ2) is 8.41.